The lowest BCUT2D eigenvalue weighted by atomic mass is 10.3. The molecule has 1 unspecified atom stereocenters. The van der Waals surface area contributed by atoms with Crippen molar-refractivity contribution in [3.8, 4) is 0 Å². The van der Waals surface area contributed by atoms with E-state index in [2.05, 4.69) is 4.98 Å². The topological polar surface area (TPSA) is 47.3 Å². The second-order valence-corrected chi connectivity index (χ2v) is 6.36. The van der Waals surface area contributed by atoms with Crippen LogP contribution in [0.25, 0.3) is 11.0 Å². The molecule has 0 spiro atoms. The standard InChI is InChI=1S/C14H19ClN2O2S/c1-9(2)19-7-11(18)8-20-14-16-12-6-10(15)4-5-13(12)17(14)3/h4-6,9,11,18H,7-8H2,1-3H3. The van der Waals surface area contributed by atoms with Crippen LogP contribution in [0.3, 0.4) is 0 Å². The van der Waals surface area contributed by atoms with Crippen LogP contribution in [0.5, 0.6) is 0 Å². The Morgan fingerprint density at radius 2 is 2.20 bits per heavy atom. The number of ether oxygens (including phenoxy) is 1. The third-order valence-electron chi connectivity index (χ3n) is 2.83. The van der Waals surface area contributed by atoms with Crippen molar-refractivity contribution in [1.82, 2.24) is 9.55 Å². The van der Waals surface area contributed by atoms with E-state index in [1.54, 1.807) is 0 Å². The lowest BCUT2D eigenvalue weighted by molar-refractivity contribution is 0.0152. The van der Waals surface area contributed by atoms with Crippen molar-refractivity contribution in [1.29, 1.82) is 0 Å². The molecular formula is C14H19ClN2O2S. The lowest BCUT2D eigenvalue weighted by Gasteiger charge is -2.12. The molecule has 0 saturated heterocycles. The molecule has 0 aliphatic heterocycles. The van der Waals surface area contributed by atoms with E-state index in [9.17, 15) is 5.11 Å². The molecular weight excluding hydrogens is 296 g/mol. The molecule has 1 N–H and O–H groups in total. The molecule has 0 aliphatic carbocycles. The number of aliphatic hydroxyl groups excluding tert-OH is 1. The fourth-order valence-electron chi connectivity index (χ4n) is 1.80. The van der Waals surface area contributed by atoms with Crippen molar-refractivity contribution in [2.24, 2.45) is 7.05 Å². The zero-order valence-corrected chi connectivity index (χ0v) is 13.4. The number of thioether (sulfide) groups is 1. The highest BCUT2D eigenvalue weighted by molar-refractivity contribution is 7.99. The van der Waals surface area contributed by atoms with Gasteiger partial charge in [-0.1, -0.05) is 23.4 Å². The Bertz CT molecular complexity index is 586. The van der Waals surface area contributed by atoms with E-state index >= 15 is 0 Å². The first-order valence-corrected chi connectivity index (χ1v) is 7.88. The molecule has 4 nitrogen and oxygen atoms in total. The van der Waals surface area contributed by atoms with Gasteiger partial charge in [0.25, 0.3) is 0 Å². The Morgan fingerprint density at radius 3 is 2.90 bits per heavy atom. The summed E-state index contributed by atoms with van der Waals surface area (Å²) in [6.45, 7) is 4.25. The van der Waals surface area contributed by atoms with Crippen LogP contribution in [0.4, 0.5) is 0 Å². The van der Waals surface area contributed by atoms with Gasteiger partial charge in [-0.2, -0.15) is 0 Å². The first-order chi connectivity index (χ1) is 9.47. The zero-order valence-electron chi connectivity index (χ0n) is 11.8. The van der Waals surface area contributed by atoms with Crippen LogP contribution in [0, 0.1) is 0 Å². The highest BCUT2D eigenvalue weighted by Crippen LogP contribution is 2.25. The molecule has 6 heteroatoms. The minimum Gasteiger partial charge on any atom is -0.390 e. The number of hydrogen-bond acceptors (Lipinski definition) is 4. The molecule has 1 atom stereocenters. The third-order valence-corrected chi connectivity index (χ3v) is 4.24. The Balaban J connectivity index is 2.01. The Kier molecular flexibility index (Phi) is 5.32. The van der Waals surface area contributed by atoms with Gasteiger partial charge < -0.3 is 14.4 Å². The third kappa shape index (κ3) is 3.88. The molecule has 1 heterocycles. The second kappa shape index (κ2) is 6.80. The van der Waals surface area contributed by atoms with Gasteiger partial charge in [0.1, 0.15) is 0 Å². The average Bonchev–Trinajstić information content (AvgIpc) is 2.70. The molecule has 0 radical (unpaired) electrons. The molecule has 0 saturated carbocycles. The maximum Gasteiger partial charge on any atom is 0.168 e. The van der Waals surface area contributed by atoms with Gasteiger partial charge in [-0.15, -0.1) is 0 Å². The lowest BCUT2D eigenvalue weighted by Crippen LogP contribution is -2.20. The molecule has 0 bridgehead atoms. The van der Waals surface area contributed by atoms with Gasteiger partial charge >= 0.3 is 0 Å². The molecule has 0 fully saturated rings. The van der Waals surface area contributed by atoms with Crippen LogP contribution in [0.1, 0.15) is 13.8 Å². The van der Waals surface area contributed by atoms with E-state index in [1.165, 1.54) is 11.8 Å². The van der Waals surface area contributed by atoms with E-state index in [1.807, 2.05) is 43.7 Å². The minimum atomic E-state index is -0.495. The first-order valence-electron chi connectivity index (χ1n) is 6.52. The van der Waals surface area contributed by atoms with E-state index in [0.717, 1.165) is 16.2 Å². The van der Waals surface area contributed by atoms with Crippen molar-refractivity contribution in [2.45, 2.75) is 31.2 Å². The van der Waals surface area contributed by atoms with Gasteiger partial charge in [0.15, 0.2) is 5.16 Å². The van der Waals surface area contributed by atoms with Gasteiger partial charge in [-0.25, -0.2) is 4.98 Å². The maximum atomic E-state index is 9.87. The number of benzene rings is 1. The van der Waals surface area contributed by atoms with Gasteiger partial charge in [-0.05, 0) is 32.0 Å². The number of nitrogens with zero attached hydrogens (tertiary/aromatic N) is 2. The number of fused-ring (bicyclic) bond motifs is 1. The second-order valence-electron chi connectivity index (χ2n) is 4.93. The number of aliphatic hydroxyl groups is 1. The highest BCUT2D eigenvalue weighted by atomic mass is 35.5. The molecule has 0 amide bonds. The Hall–Kier alpha value is -0.750. The first kappa shape index (κ1) is 15.6. The summed E-state index contributed by atoms with van der Waals surface area (Å²) in [5.74, 6) is 0.553. The van der Waals surface area contributed by atoms with E-state index in [0.29, 0.717) is 17.4 Å². The molecule has 0 aliphatic rings. The van der Waals surface area contributed by atoms with Crippen molar-refractivity contribution in [2.75, 3.05) is 12.4 Å². The van der Waals surface area contributed by atoms with Crippen molar-refractivity contribution in [3.63, 3.8) is 0 Å². The largest absolute Gasteiger partial charge is 0.390 e. The van der Waals surface area contributed by atoms with Gasteiger partial charge in [0, 0.05) is 17.8 Å². The van der Waals surface area contributed by atoms with Crippen molar-refractivity contribution in [3.05, 3.63) is 23.2 Å². The summed E-state index contributed by atoms with van der Waals surface area (Å²) in [6, 6.07) is 5.65. The summed E-state index contributed by atoms with van der Waals surface area (Å²) in [7, 11) is 1.96. The van der Waals surface area contributed by atoms with Crippen LogP contribution >= 0.6 is 23.4 Å². The van der Waals surface area contributed by atoms with Gasteiger partial charge in [-0.3, -0.25) is 0 Å². The van der Waals surface area contributed by atoms with Crippen molar-refractivity contribution >= 4 is 34.4 Å². The predicted molar refractivity (Wildman–Crippen MR) is 83.5 cm³/mol. The predicted octanol–water partition coefficient (Wildman–Crippen LogP) is 3.10. The molecule has 1 aromatic heterocycles. The van der Waals surface area contributed by atoms with Crippen molar-refractivity contribution < 1.29 is 9.84 Å². The smallest absolute Gasteiger partial charge is 0.168 e. The van der Waals surface area contributed by atoms with Gasteiger partial charge in [0.05, 0.1) is 29.8 Å². The quantitative estimate of drug-likeness (QED) is 0.832. The van der Waals surface area contributed by atoms with Gasteiger partial charge in [0.2, 0.25) is 0 Å². The highest BCUT2D eigenvalue weighted by Gasteiger charge is 2.12. The van der Waals surface area contributed by atoms with Crippen LogP contribution in [0.15, 0.2) is 23.4 Å². The minimum absolute atomic E-state index is 0.132. The summed E-state index contributed by atoms with van der Waals surface area (Å²) in [4.78, 5) is 4.53. The number of imidazole rings is 1. The number of aromatic nitrogens is 2. The fourth-order valence-corrected chi connectivity index (χ4v) is 2.86. The summed E-state index contributed by atoms with van der Waals surface area (Å²) < 4.78 is 7.40. The van der Waals surface area contributed by atoms with Crippen LogP contribution in [-0.2, 0) is 11.8 Å². The summed E-state index contributed by atoms with van der Waals surface area (Å²) in [6.07, 6.45) is -0.363. The number of rotatable bonds is 6. The molecule has 110 valence electrons. The summed E-state index contributed by atoms with van der Waals surface area (Å²) in [5.41, 5.74) is 1.90. The van der Waals surface area contributed by atoms with Crippen LogP contribution in [-0.4, -0.2) is 39.2 Å². The molecule has 1 aromatic carbocycles. The number of aryl methyl sites for hydroxylation is 1. The number of hydrogen-bond donors (Lipinski definition) is 1. The normalized spacial score (nSPS) is 13.3. The van der Waals surface area contributed by atoms with Crippen LogP contribution < -0.4 is 0 Å². The van der Waals surface area contributed by atoms with Crippen LogP contribution in [0.2, 0.25) is 5.02 Å². The molecule has 2 aromatic rings. The Labute approximate surface area is 128 Å². The Morgan fingerprint density at radius 1 is 1.45 bits per heavy atom. The average molecular weight is 315 g/mol. The summed E-state index contributed by atoms with van der Waals surface area (Å²) in [5, 5.41) is 11.4. The van der Waals surface area contributed by atoms with E-state index in [4.69, 9.17) is 16.3 Å². The summed E-state index contributed by atoms with van der Waals surface area (Å²) >= 11 is 7.48. The van der Waals surface area contributed by atoms with E-state index in [-0.39, 0.29) is 6.10 Å². The van der Waals surface area contributed by atoms with E-state index < -0.39 is 6.10 Å². The fraction of sp³-hybridized carbons (Fsp3) is 0.500. The maximum absolute atomic E-state index is 9.87. The molecule has 20 heavy (non-hydrogen) atoms. The SMILES string of the molecule is CC(C)OCC(O)CSc1nc2cc(Cl)ccc2n1C. The number of halogens is 1. The monoisotopic (exact) mass is 314 g/mol. The molecule has 2 rings (SSSR count). The zero-order chi connectivity index (χ0) is 14.7.